The third-order valence-electron chi connectivity index (χ3n) is 2.97. The van der Waals surface area contributed by atoms with Gasteiger partial charge in [0.05, 0.1) is 11.7 Å². The van der Waals surface area contributed by atoms with Crippen LogP contribution in [0.25, 0.3) is 0 Å². The molecule has 0 aliphatic heterocycles. The Hall–Kier alpha value is -1.32. The Kier molecular flexibility index (Phi) is 4.04. The molecule has 18 heavy (non-hydrogen) atoms. The molecule has 1 aromatic carbocycles. The predicted octanol–water partition coefficient (Wildman–Crippen LogP) is 3.08. The van der Waals surface area contributed by atoms with Gasteiger partial charge >= 0.3 is 0 Å². The summed E-state index contributed by atoms with van der Waals surface area (Å²) in [6.07, 6.45) is 1.95. The van der Waals surface area contributed by atoms with Crippen LogP contribution < -0.4 is 5.32 Å². The van der Waals surface area contributed by atoms with Gasteiger partial charge in [-0.1, -0.05) is 30.7 Å². The maximum atomic E-state index is 6.20. The number of rotatable bonds is 4. The lowest BCUT2D eigenvalue weighted by Gasteiger charge is -2.17. The number of nitrogens with one attached hydrogen (secondary N) is 1. The van der Waals surface area contributed by atoms with Crippen molar-refractivity contribution in [2.75, 3.05) is 6.54 Å². The van der Waals surface area contributed by atoms with Gasteiger partial charge in [-0.05, 0) is 36.7 Å². The number of halogens is 1. The van der Waals surface area contributed by atoms with Crippen molar-refractivity contribution in [1.29, 1.82) is 0 Å². The van der Waals surface area contributed by atoms with Crippen LogP contribution in [0.4, 0.5) is 0 Å². The Morgan fingerprint density at radius 2 is 2.17 bits per heavy atom. The van der Waals surface area contributed by atoms with E-state index in [0.717, 1.165) is 28.4 Å². The number of hydrogen-bond acceptors (Lipinski definition) is 2. The molecule has 2 rings (SSSR count). The molecular weight excluding hydrogens is 246 g/mol. The van der Waals surface area contributed by atoms with Crippen molar-refractivity contribution in [3.63, 3.8) is 0 Å². The van der Waals surface area contributed by atoms with Crippen LogP contribution >= 0.6 is 11.6 Å². The second-order valence-corrected chi connectivity index (χ2v) is 4.82. The highest BCUT2D eigenvalue weighted by molar-refractivity contribution is 6.31. The molecule has 0 fully saturated rings. The highest BCUT2D eigenvalue weighted by Crippen LogP contribution is 2.25. The van der Waals surface area contributed by atoms with E-state index in [-0.39, 0.29) is 6.04 Å². The number of nitrogens with zero attached hydrogens (tertiary/aromatic N) is 2. The Morgan fingerprint density at radius 3 is 2.72 bits per heavy atom. The molecule has 1 heterocycles. The van der Waals surface area contributed by atoms with E-state index in [1.54, 1.807) is 0 Å². The van der Waals surface area contributed by atoms with Crippen LogP contribution in [0.15, 0.2) is 30.5 Å². The van der Waals surface area contributed by atoms with Gasteiger partial charge in [-0.2, -0.15) is 5.10 Å². The number of aromatic nitrogens is 2. The summed E-state index contributed by atoms with van der Waals surface area (Å²) in [5.74, 6) is 0. The highest BCUT2D eigenvalue weighted by atomic mass is 35.5. The minimum absolute atomic E-state index is 0.0919. The van der Waals surface area contributed by atoms with Gasteiger partial charge in [-0.25, -0.2) is 0 Å². The molecule has 0 bridgehead atoms. The molecule has 0 amide bonds. The van der Waals surface area contributed by atoms with Crippen LogP contribution in [-0.4, -0.2) is 16.3 Å². The van der Waals surface area contributed by atoms with Gasteiger partial charge in [-0.3, -0.25) is 4.68 Å². The first-order chi connectivity index (χ1) is 8.61. The van der Waals surface area contributed by atoms with Gasteiger partial charge in [0.15, 0.2) is 0 Å². The summed E-state index contributed by atoms with van der Waals surface area (Å²) in [4.78, 5) is 0. The van der Waals surface area contributed by atoms with Gasteiger partial charge in [0.2, 0.25) is 0 Å². The molecular formula is C14H18ClN3. The lowest BCUT2D eigenvalue weighted by Crippen LogP contribution is -2.22. The first-order valence-corrected chi connectivity index (χ1v) is 6.48. The summed E-state index contributed by atoms with van der Waals surface area (Å²) < 4.78 is 1.81. The Bertz CT molecular complexity index is 534. The molecule has 0 saturated heterocycles. The smallest absolute Gasteiger partial charge is 0.0839 e. The molecule has 1 aromatic heterocycles. The summed E-state index contributed by atoms with van der Waals surface area (Å²) in [5, 5.41) is 8.71. The fourth-order valence-corrected chi connectivity index (χ4v) is 2.16. The standard InChI is InChI=1S/C14H18ClN3/c1-4-16-14(13-7-8-18(3)17-13)11-6-5-10(2)12(15)9-11/h5-9,14,16H,4H2,1-3H3. The first kappa shape index (κ1) is 13.1. The molecule has 0 radical (unpaired) electrons. The summed E-state index contributed by atoms with van der Waals surface area (Å²) in [7, 11) is 1.93. The Labute approximate surface area is 113 Å². The largest absolute Gasteiger partial charge is 0.305 e. The van der Waals surface area contributed by atoms with E-state index in [4.69, 9.17) is 11.6 Å². The predicted molar refractivity (Wildman–Crippen MR) is 74.9 cm³/mol. The molecule has 1 N–H and O–H groups in total. The number of aryl methyl sites for hydroxylation is 2. The SMILES string of the molecule is CCNC(c1ccc(C)c(Cl)c1)c1ccn(C)n1. The van der Waals surface area contributed by atoms with Crippen LogP contribution in [0.5, 0.6) is 0 Å². The van der Waals surface area contributed by atoms with E-state index in [1.165, 1.54) is 0 Å². The Balaban J connectivity index is 2.37. The normalized spacial score (nSPS) is 12.7. The summed E-state index contributed by atoms with van der Waals surface area (Å²) in [6.45, 7) is 4.98. The first-order valence-electron chi connectivity index (χ1n) is 6.10. The molecule has 0 aliphatic carbocycles. The third-order valence-corrected chi connectivity index (χ3v) is 3.37. The quantitative estimate of drug-likeness (QED) is 0.919. The van der Waals surface area contributed by atoms with Crippen LogP contribution in [0, 0.1) is 6.92 Å². The zero-order valence-electron chi connectivity index (χ0n) is 10.9. The van der Waals surface area contributed by atoms with Crippen molar-refractivity contribution in [3.8, 4) is 0 Å². The van der Waals surface area contributed by atoms with E-state index >= 15 is 0 Å². The van der Waals surface area contributed by atoms with Crippen molar-refractivity contribution in [2.45, 2.75) is 19.9 Å². The summed E-state index contributed by atoms with van der Waals surface area (Å²) >= 11 is 6.20. The molecule has 0 aliphatic rings. The third kappa shape index (κ3) is 2.74. The topological polar surface area (TPSA) is 29.9 Å². The fraction of sp³-hybridized carbons (Fsp3) is 0.357. The van der Waals surface area contributed by atoms with E-state index < -0.39 is 0 Å². The fourth-order valence-electron chi connectivity index (χ4n) is 1.97. The minimum Gasteiger partial charge on any atom is -0.305 e. The molecule has 3 nitrogen and oxygen atoms in total. The summed E-state index contributed by atoms with van der Waals surface area (Å²) in [5.41, 5.74) is 3.25. The van der Waals surface area contributed by atoms with Crippen molar-refractivity contribution >= 4 is 11.6 Å². The number of hydrogen-bond donors (Lipinski definition) is 1. The monoisotopic (exact) mass is 263 g/mol. The average Bonchev–Trinajstić information content (AvgIpc) is 2.76. The van der Waals surface area contributed by atoms with Crippen LogP contribution in [0.2, 0.25) is 5.02 Å². The zero-order valence-corrected chi connectivity index (χ0v) is 11.7. The van der Waals surface area contributed by atoms with Crippen molar-refractivity contribution in [1.82, 2.24) is 15.1 Å². The van der Waals surface area contributed by atoms with E-state index in [1.807, 2.05) is 43.0 Å². The molecule has 1 atom stereocenters. The lowest BCUT2D eigenvalue weighted by atomic mass is 10.0. The van der Waals surface area contributed by atoms with Crippen molar-refractivity contribution < 1.29 is 0 Å². The van der Waals surface area contributed by atoms with Crippen LogP contribution in [0.1, 0.15) is 29.8 Å². The number of benzene rings is 1. The minimum atomic E-state index is 0.0919. The lowest BCUT2D eigenvalue weighted by molar-refractivity contribution is 0.600. The Morgan fingerprint density at radius 1 is 1.39 bits per heavy atom. The van der Waals surface area contributed by atoms with E-state index in [0.29, 0.717) is 0 Å². The van der Waals surface area contributed by atoms with E-state index in [2.05, 4.69) is 23.4 Å². The molecule has 4 heteroatoms. The highest BCUT2D eigenvalue weighted by Gasteiger charge is 2.16. The van der Waals surface area contributed by atoms with E-state index in [9.17, 15) is 0 Å². The molecule has 0 saturated carbocycles. The van der Waals surface area contributed by atoms with Gasteiger partial charge in [0, 0.05) is 18.3 Å². The molecule has 96 valence electrons. The molecule has 1 unspecified atom stereocenters. The molecule has 0 spiro atoms. The maximum absolute atomic E-state index is 6.20. The van der Waals surface area contributed by atoms with Crippen LogP contribution in [-0.2, 0) is 7.05 Å². The van der Waals surface area contributed by atoms with Gasteiger partial charge in [0.25, 0.3) is 0 Å². The van der Waals surface area contributed by atoms with Crippen molar-refractivity contribution in [3.05, 3.63) is 52.3 Å². The summed E-state index contributed by atoms with van der Waals surface area (Å²) in [6, 6.07) is 8.28. The van der Waals surface area contributed by atoms with Crippen LogP contribution in [0.3, 0.4) is 0 Å². The van der Waals surface area contributed by atoms with Gasteiger partial charge in [-0.15, -0.1) is 0 Å². The second kappa shape index (κ2) is 5.55. The van der Waals surface area contributed by atoms with Crippen molar-refractivity contribution in [2.24, 2.45) is 7.05 Å². The maximum Gasteiger partial charge on any atom is 0.0839 e. The zero-order chi connectivity index (χ0) is 13.1. The van der Waals surface area contributed by atoms with Gasteiger partial charge < -0.3 is 5.32 Å². The average molecular weight is 264 g/mol. The second-order valence-electron chi connectivity index (χ2n) is 4.41. The molecule has 2 aromatic rings. The van der Waals surface area contributed by atoms with Gasteiger partial charge in [0.1, 0.15) is 0 Å².